The number of benzene rings is 2. The number of nitrogens with zero attached hydrogens (tertiary/aromatic N) is 2. The number of nitrogens with one attached hydrogen (secondary N) is 1. The van der Waals surface area contributed by atoms with E-state index in [9.17, 15) is 4.79 Å². The number of carbonyl (C=O) groups is 1. The second-order valence-electron chi connectivity index (χ2n) is 8.52. The quantitative estimate of drug-likeness (QED) is 0.689. The highest BCUT2D eigenvalue weighted by Gasteiger charge is 2.28. The average Bonchev–Trinajstić information content (AvgIpc) is 3.29. The van der Waals surface area contributed by atoms with Crippen LogP contribution in [0.4, 0.5) is 0 Å². The summed E-state index contributed by atoms with van der Waals surface area (Å²) < 4.78 is 5.66. The minimum atomic E-state index is 0.0968. The minimum absolute atomic E-state index is 0.0968. The van der Waals surface area contributed by atoms with Gasteiger partial charge in [-0.1, -0.05) is 63.2 Å². The molecule has 1 aliphatic rings. The first kappa shape index (κ1) is 19.2. The molecule has 0 unspecified atom stereocenters. The van der Waals surface area contributed by atoms with Crippen molar-refractivity contribution in [2.45, 2.75) is 45.7 Å². The fourth-order valence-corrected chi connectivity index (χ4v) is 3.61. The Morgan fingerprint density at radius 3 is 2.48 bits per heavy atom. The average molecular weight is 389 g/mol. The largest absolute Gasteiger partial charge is 0.493 e. The molecule has 0 atom stereocenters. The zero-order valence-corrected chi connectivity index (χ0v) is 17.2. The second-order valence-corrected chi connectivity index (χ2v) is 8.52. The van der Waals surface area contributed by atoms with Crippen molar-refractivity contribution in [3.63, 3.8) is 0 Å². The molecule has 1 amide bonds. The number of rotatable bonds is 5. The van der Waals surface area contributed by atoms with Crippen molar-refractivity contribution in [1.82, 2.24) is 15.1 Å². The predicted octanol–water partition coefficient (Wildman–Crippen LogP) is 4.69. The van der Waals surface area contributed by atoms with Gasteiger partial charge >= 0.3 is 0 Å². The van der Waals surface area contributed by atoms with Gasteiger partial charge in [0.15, 0.2) is 0 Å². The number of para-hydroxylation sites is 1. The van der Waals surface area contributed by atoms with Gasteiger partial charge in [0.1, 0.15) is 5.75 Å². The molecule has 0 fully saturated rings. The van der Waals surface area contributed by atoms with Gasteiger partial charge in [-0.25, -0.2) is 0 Å². The van der Waals surface area contributed by atoms with Gasteiger partial charge < -0.3 is 9.64 Å². The Balaban J connectivity index is 1.39. The summed E-state index contributed by atoms with van der Waals surface area (Å²) in [6, 6.07) is 18.1. The van der Waals surface area contributed by atoms with E-state index in [1.54, 1.807) is 0 Å². The Kier molecular flexibility index (Phi) is 5.14. The Bertz CT molecular complexity index is 985. The molecular formula is C24H27N3O2. The van der Waals surface area contributed by atoms with Crippen LogP contribution in [0.2, 0.25) is 0 Å². The SMILES string of the molecule is CC(C)(C)c1ccc(-c2n[nH]c3c2CN(C(=O)CCOc2ccccc2)C3)cc1. The number of aromatic nitrogens is 2. The molecule has 150 valence electrons. The van der Waals surface area contributed by atoms with Crippen LogP contribution in [0.3, 0.4) is 0 Å². The highest BCUT2D eigenvalue weighted by Crippen LogP contribution is 2.32. The maximum atomic E-state index is 12.6. The lowest BCUT2D eigenvalue weighted by Crippen LogP contribution is -2.27. The van der Waals surface area contributed by atoms with Crippen molar-refractivity contribution in [3.8, 4) is 17.0 Å². The van der Waals surface area contributed by atoms with Gasteiger partial charge in [0.25, 0.3) is 0 Å². The van der Waals surface area contributed by atoms with Gasteiger partial charge in [-0.2, -0.15) is 5.10 Å². The van der Waals surface area contributed by atoms with E-state index in [1.165, 1.54) is 5.56 Å². The van der Waals surface area contributed by atoms with Gasteiger partial charge in [0.2, 0.25) is 5.91 Å². The molecule has 0 saturated carbocycles. The summed E-state index contributed by atoms with van der Waals surface area (Å²) in [6.07, 6.45) is 0.363. The third-order valence-corrected chi connectivity index (χ3v) is 5.36. The molecular weight excluding hydrogens is 362 g/mol. The molecule has 2 heterocycles. The molecule has 5 nitrogen and oxygen atoms in total. The van der Waals surface area contributed by atoms with E-state index in [1.807, 2.05) is 35.2 Å². The Labute approximate surface area is 171 Å². The summed E-state index contributed by atoms with van der Waals surface area (Å²) in [6.45, 7) is 8.17. The van der Waals surface area contributed by atoms with Crippen molar-refractivity contribution in [2.75, 3.05) is 6.61 Å². The number of hydrogen-bond donors (Lipinski definition) is 1. The summed E-state index contributed by atoms with van der Waals surface area (Å²) in [5.74, 6) is 0.886. The fraction of sp³-hybridized carbons (Fsp3) is 0.333. The van der Waals surface area contributed by atoms with Crippen LogP contribution in [0.5, 0.6) is 5.75 Å². The summed E-state index contributed by atoms with van der Waals surface area (Å²) >= 11 is 0. The maximum Gasteiger partial charge on any atom is 0.226 e. The highest BCUT2D eigenvalue weighted by molar-refractivity contribution is 5.78. The van der Waals surface area contributed by atoms with E-state index < -0.39 is 0 Å². The lowest BCUT2D eigenvalue weighted by molar-refractivity contribution is -0.132. The van der Waals surface area contributed by atoms with E-state index in [0.717, 1.165) is 28.3 Å². The van der Waals surface area contributed by atoms with Gasteiger partial charge in [-0.15, -0.1) is 0 Å². The van der Waals surface area contributed by atoms with Crippen molar-refractivity contribution < 1.29 is 9.53 Å². The molecule has 2 aromatic carbocycles. The lowest BCUT2D eigenvalue weighted by atomic mass is 9.86. The zero-order chi connectivity index (χ0) is 20.4. The number of carbonyl (C=O) groups excluding carboxylic acids is 1. The zero-order valence-electron chi connectivity index (χ0n) is 17.2. The van der Waals surface area contributed by atoms with Crippen LogP contribution < -0.4 is 4.74 Å². The van der Waals surface area contributed by atoms with Crippen molar-refractivity contribution in [2.24, 2.45) is 0 Å². The summed E-state index contributed by atoms with van der Waals surface area (Å²) in [4.78, 5) is 14.5. The van der Waals surface area contributed by atoms with Crippen LogP contribution in [0.25, 0.3) is 11.3 Å². The lowest BCUT2D eigenvalue weighted by Gasteiger charge is -2.19. The van der Waals surface area contributed by atoms with E-state index in [0.29, 0.717) is 26.1 Å². The fourth-order valence-electron chi connectivity index (χ4n) is 3.61. The van der Waals surface area contributed by atoms with Gasteiger partial charge in [-0.3, -0.25) is 9.89 Å². The Morgan fingerprint density at radius 2 is 1.79 bits per heavy atom. The topological polar surface area (TPSA) is 58.2 Å². The van der Waals surface area contributed by atoms with Gasteiger partial charge in [0, 0.05) is 11.1 Å². The molecule has 1 aromatic heterocycles. The van der Waals surface area contributed by atoms with Crippen LogP contribution >= 0.6 is 0 Å². The molecule has 0 aliphatic carbocycles. The monoisotopic (exact) mass is 389 g/mol. The first-order chi connectivity index (χ1) is 13.9. The predicted molar refractivity (Wildman–Crippen MR) is 114 cm³/mol. The minimum Gasteiger partial charge on any atom is -0.493 e. The standard InChI is InChI=1S/C24H27N3O2/c1-24(2,3)18-11-9-17(10-12-18)23-20-15-27(16-21(20)25-26-23)22(28)13-14-29-19-7-5-4-6-8-19/h4-12H,13-16H2,1-3H3,(H,25,26). The van der Waals surface area contributed by atoms with Crippen molar-refractivity contribution >= 4 is 5.91 Å². The molecule has 29 heavy (non-hydrogen) atoms. The summed E-state index contributed by atoms with van der Waals surface area (Å²) in [5.41, 5.74) is 5.58. The number of H-pyrrole nitrogens is 1. The molecule has 3 aromatic rings. The number of amides is 1. The third-order valence-electron chi connectivity index (χ3n) is 5.36. The third kappa shape index (κ3) is 4.19. The van der Waals surface area contributed by atoms with Crippen molar-refractivity contribution in [1.29, 1.82) is 0 Å². The smallest absolute Gasteiger partial charge is 0.226 e. The van der Waals surface area contributed by atoms with Gasteiger partial charge in [-0.05, 0) is 23.1 Å². The number of hydrogen-bond acceptors (Lipinski definition) is 3. The summed E-state index contributed by atoms with van der Waals surface area (Å²) in [7, 11) is 0. The molecule has 1 N–H and O–H groups in total. The first-order valence-corrected chi connectivity index (χ1v) is 10.0. The highest BCUT2D eigenvalue weighted by atomic mass is 16.5. The molecule has 0 radical (unpaired) electrons. The van der Waals surface area contributed by atoms with Crippen LogP contribution in [-0.4, -0.2) is 27.6 Å². The summed E-state index contributed by atoms with van der Waals surface area (Å²) in [5, 5.41) is 7.63. The normalized spacial score (nSPS) is 13.4. The molecule has 0 saturated heterocycles. The van der Waals surface area contributed by atoms with E-state index in [4.69, 9.17) is 4.74 Å². The van der Waals surface area contributed by atoms with Crippen LogP contribution in [0.1, 0.15) is 44.0 Å². The number of fused-ring (bicyclic) bond motifs is 1. The Morgan fingerprint density at radius 1 is 1.07 bits per heavy atom. The number of ether oxygens (including phenoxy) is 1. The van der Waals surface area contributed by atoms with Crippen molar-refractivity contribution in [3.05, 3.63) is 71.4 Å². The second kappa shape index (κ2) is 7.74. The molecule has 1 aliphatic heterocycles. The van der Waals surface area contributed by atoms with E-state index in [-0.39, 0.29) is 11.3 Å². The van der Waals surface area contributed by atoms with Gasteiger partial charge in [0.05, 0.1) is 37.5 Å². The maximum absolute atomic E-state index is 12.6. The number of aromatic amines is 1. The molecule has 5 heteroatoms. The van der Waals surface area contributed by atoms with Crippen LogP contribution in [0.15, 0.2) is 54.6 Å². The van der Waals surface area contributed by atoms with E-state index in [2.05, 4.69) is 55.2 Å². The molecule has 0 spiro atoms. The first-order valence-electron chi connectivity index (χ1n) is 10.0. The van der Waals surface area contributed by atoms with E-state index >= 15 is 0 Å². The van der Waals surface area contributed by atoms with Crippen LogP contribution in [-0.2, 0) is 23.3 Å². The van der Waals surface area contributed by atoms with Crippen LogP contribution in [0, 0.1) is 0 Å². The molecule has 0 bridgehead atoms. The molecule has 4 rings (SSSR count). The Hall–Kier alpha value is -3.08.